The summed E-state index contributed by atoms with van der Waals surface area (Å²) in [6.45, 7) is 0. The maximum absolute atomic E-state index is 6.22. The van der Waals surface area contributed by atoms with Crippen molar-refractivity contribution in [3.05, 3.63) is 48.6 Å². The zero-order valence-electron chi connectivity index (χ0n) is 10.0. The molecule has 0 amide bonds. The second-order valence-electron chi connectivity index (χ2n) is 4.89. The molecule has 2 aliphatic rings. The molecule has 2 aromatic carbocycles. The third-order valence-electron chi connectivity index (χ3n) is 3.72. The Hall–Kier alpha value is -1.41. The zero-order chi connectivity index (χ0) is 11.9. The second-order valence-corrected chi connectivity index (χ2v) is 6.03. The van der Waals surface area contributed by atoms with Crippen molar-refractivity contribution in [2.75, 3.05) is 0 Å². The van der Waals surface area contributed by atoms with Crippen LogP contribution in [-0.4, -0.2) is 5.44 Å². The average molecular weight is 254 g/mol. The van der Waals surface area contributed by atoms with Crippen molar-refractivity contribution in [1.82, 2.24) is 0 Å². The standard InChI is InChI=1S/C16H14OS/c1-2-7-12(6-1)16-17-15-13-8-4-3-5-11(13)9-10-14(15)18-16/h1,3-6,8-10,12,16H,2,7H2. The lowest BCUT2D eigenvalue weighted by molar-refractivity contribution is 0.250. The molecule has 2 aromatic rings. The van der Waals surface area contributed by atoms with Crippen LogP contribution in [0.25, 0.3) is 10.8 Å². The van der Waals surface area contributed by atoms with E-state index in [-0.39, 0.29) is 5.44 Å². The molecule has 90 valence electrons. The smallest absolute Gasteiger partial charge is 0.155 e. The highest BCUT2D eigenvalue weighted by Crippen LogP contribution is 2.48. The van der Waals surface area contributed by atoms with Crippen LogP contribution in [0, 0.1) is 5.92 Å². The van der Waals surface area contributed by atoms with Gasteiger partial charge in [0.1, 0.15) is 5.75 Å². The Morgan fingerprint density at radius 1 is 1.11 bits per heavy atom. The first-order valence-electron chi connectivity index (χ1n) is 6.43. The van der Waals surface area contributed by atoms with Crippen molar-refractivity contribution < 1.29 is 4.74 Å². The van der Waals surface area contributed by atoms with Gasteiger partial charge in [-0.15, -0.1) is 0 Å². The highest BCUT2D eigenvalue weighted by atomic mass is 32.2. The van der Waals surface area contributed by atoms with Crippen LogP contribution in [0.1, 0.15) is 12.8 Å². The van der Waals surface area contributed by atoms with Crippen LogP contribution < -0.4 is 4.74 Å². The quantitative estimate of drug-likeness (QED) is 0.687. The molecule has 0 bridgehead atoms. The van der Waals surface area contributed by atoms with E-state index >= 15 is 0 Å². The summed E-state index contributed by atoms with van der Waals surface area (Å²) in [5, 5.41) is 2.51. The highest BCUT2D eigenvalue weighted by Gasteiger charge is 2.31. The van der Waals surface area contributed by atoms with Gasteiger partial charge in [0.05, 0.1) is 4.90 Å². The van der Waals surface area contributed by atoms with Crippen molar-refractivity contribution >= 4 is 22.5 Å². The molecule has 0 spiro atoms. The monoisotopic (exact) mass is 254 g/mol. The molecule has 0 saturated heterocycles. The largest absolute Gasteiger partial charge is 0.477 e. The minimum Gasteiger partial charge on any atom is -0.477 e. The summed E-state index contributed by atoms with van der Waals surface area (Å²) >= 11 is 1.87. The summed E-state index contributed by atoms with van der Waals surface area (Å²) in [6, 6.07) is 12.8. The number of fused-ring (bicyclic) bond motifs is 3. The van der Waals surface area contributed by atoms with E-state index < -0.39 is 0 Å². The van der Waals surface area contributed by atoms with Crippen LogP contribution in [0.3, 0.4) is 0 Å². The number of benzene rings is 2. The Kier molecular flexibility index (Phi) is 2.37. The molecule has 1 aliphatic heterocycles. The van der Waals surface area contributed by atoms with Crippen molar-refractivity contribution in [2.45, 2.75) is 23.2 Å². The lowest BCUT2D eigenvalue weighted by atomic mass is 10.1. The Morgan fingerprint density at radius 3 is 2.94 bits per heavy atom. The molecule has 0 N–H and O–H groups in total. The van der Waals surface area contributed by atoms with Gasteiger partial charge in [-0.3, -0.25) is 0 Å². The molecule has 0 fully saturated rings. The first kappa shape index (κ1) is 10.5. The lowest BCUT2D eigenvalue weighted by Crippen LogP contribution is -2.16. The van der Waals surface area contributed by atoms with Gasteiger partial charge in [0.2, 0.25) is 0 Å². The number of rotatable bonds is 1. The van der Waals surface area contributed by atoms with Crippen molar-refractivity contribution in [2.24, 2.45) is 5.92 Å². The number of hydrogen-bond acceptors (Lipinski definition) is 2. The van der Waals surface area contributed by atoms with Crippen LogP contribution in [0.15, 0.2) is 53.4 Å². The Labute approximate surface area is 111 Å². The van der Waals surface area contributed by atoms with E-state index in [1.54, 1.807) is 0 Å². The van der Waals surface area contributed by atoms with Crippen molar-refractivity contribution in [1.29, 1.82) is 0 Å². The van der Waals surface area contributed by atoms with Gasteiger partial charge in [0, 0.05) is 11.3 Å². The van der Waals surface area contributed by atoms with Gasteiger partial charge in [-0.1, -0.05) is 54.2 Å². The second kappa shape index (κ2) is 4.06. The summed E-state index contributed by atoms with van der Waals surface area (Å²) in [7, 11) is 0. The summed E-state index contributed by atoms with van der Waals surface area (Å²) < 4.78 is 6.22. The van der Waals surface area contributed by atoms with Gasteiger partial charge in [0.25, 0.3) is 0 Å². The van der Waals surface area contributed by atoms with Gasteiger partial charge < -0.3 is 4.74 Å². The predicted molar refractivity (Wildman–Crippen MR) is 76.1 cm³/mol. The third-order valence-corrected chi connectivity index (χ3v) is 4.97. The molecule has 1 heterocycles. The Morgan fingerprint density at radius 2 is 2.06 bits per heavy atom. The molecule has 1 aliphatic carbocycles. The molecule has 0 radical (unpaired) electrons. The normalized spacial score (nSPS) is 25.3. The number of thioether (sulfide) groups is 1. The van der Waals surface area contributed by atoms with Crippen molar-refractivity contribution in [3.8, 4) is 5.75 Å². The van der Waals surface area contributed by atoms with Crippen molar-refractivity contribution in [3.63, 3.8) is 0 Å². The SMILES string of the molecule is C1=CC(C2Oc3c(ccc4ccccc34)S2)CC1. The van der Waals surface area contributed by atoms with E-state index in [4.69, 9.17) is 4.74 Å². The zero-order valence-corrected chi connectivity index (χ0v) is 10.8. The minimum absolute atomic E-state index is 0.268. The fourth-order valence-corrected chi connectivity index (χ4v) is 3.97. The first-order chi connectivity index (χ1) is 8.92. The lowest BCUT2D eigenvalue weighted by Gasteiger charge is -2.15. The van der Waals surface area contributed by atoms with E-state index in [0.29, 0.717) is 5.92 Å². The molecule has 4 rings (SSSR count). The van der Waals surface area contributed by atoms with Crippen LogP contribution in [-0.2, 0) is 0 Å². The summed E-state index contributed by atoms with van der Waals surface area (Å²) in [5.41, 5.74) is 0.268. The third kappa shape index (κ3) is 1.56. The summed E-state index contributed by atoms with van der Waals surface area (Å²) in [6.07, 6.45) is 7.01. The van der Waals surface area contributed by atoms with Gasteiger partial charge in [0.15, 0.2) is 5.44 Å². The summed E-state index contributed by atoms with van der Waals surface area (Å²) in [4.78, 5) is 1.29. The van der Waals surface area contributed by atoms with E-state index in [1.165, 1.54) is 28.5 Å². The van der Waals surface area contributed by atoms with Gasteiger partial charge in [-0.05, 0) is 24.3 Å². The van der Waals surface area contributed by atoms with Crippen LogP contribution in [0.5, 0.6) is 5.75 Å². The van der Waals surface area contributed by atoms with E-state index in [0.717, 1.165) is 5.75 Å². The minimum atomic E-state index is 0.268. The average Bonchev–Trinajstić information content (AvgIpc) is 3.07. The maximum atomic E-state index is 6.22. The number of allylic oxidation sites excluding steroid dienone is 1. The molecule has 1 nitrogen and oxygen atoms in total. The molecule has 2 atom stereocenters. The molecular weight excluding hydrogens is 240 g/mol. The molecule has 2 unspecified atom stereocenters. The van der Waals surface area contributed by atoms with Crippen LogP contribution >= 0.6 is 11.8 Å². The van der Waals surface area contributed by atoms with E-state index in [1.807, 2.05) is 11.8 Å². The predicted octanol–water partition coefficient (Wildman–Crippen LogP) is 4.62. The van der Waals surface area contributed by atoms with Gasteiger partial charge in [-0.25, -0.2) is 0 Å². The van der Waals surface area contributed by atoms with E-state index in [2.05, 4.69) is 48.6 Å². The number of hydrogen-bond donors (Lipinski definition) is 0. The fraction of sp³-hybridized carbons (Fsp3) is 0.250. The molecule has 18 heavy (non-hydrogen) atoms. The fourth-order valence-electron chi connectivity index (χ4n) is 2.76. The molecule has 0 saturated carbocycles. The van der Waals surface area contributed by atoms with Crippen LogP contribution in [0.2, 0.25) is 0 Å². The first-order valence-corrected chi connectivity index (χ1v) is 7.31. The Bertz CT molecular complexity index is 632. The Balaban J connectivity index is 1.76. The molecular formula is C16H14OS. The topological polar surface area (TPSA) is 9.23 Å². The molecule has 0 aromatic heterocycles. The van der Waals surface area contributed by atoms with E-state index in [9.17, 15) is 0 Å². The maximum Gasteiger partial charge on any atom is 0.155 e. The number of ether oxygens (including phenoxy) is 1. The molecule has 2 heteroatoms. The van der Waals surface area contributed by atoms with Gasteiger partial charge >= 0.3 is 0 Å². The van der Waals surface area contributed by atoms with Crippen LogP contribution in [0.4, 0.5) is 0 Å². The highest BCUT2D eigenvalue weighted by molar-refractivity contribution is 8.00. The van der Waals surface area contributed by atoms with Gasteiger partial charge in [-0.2, -0.15) is 0 Å². The summed E-state index contributed by atoms with van der Waals surface area (Å²) in [5.74, 6) is 1.66.